The molecule has 1 aliphatic heterocycles. The minimum atomic E-state index is -0.386. The predicted molar refractivity (Wildman–Crippen MR) is 64.2 cm³/mol. The summed E-state index contributed by atoms with van der Waals surface area (Å²) in [6, 6.07) is 9.55. The van der Waals surface area contributed by atoms with E-state index < -0.39 is 0 Å². The number of hydrogen-bond donors (Lipinski definition) is 1. The van der Waals surface area contributed by atoms with Gasteiger partial charge in [0.05, 0.1) is 12.5 Å². The maximum Gasteiger partial charge on any atom is 0.246 e. The number of nitrogens with one attached hydrogen (secondary N) is 1. The Morgan fingerprint density at radius 2 is 1.94 bits per heavy atom. The van der Waals surface area contributed by atoms with Gasteiger partial charge >= 0.3 is 0 Å². The zero-order valence-electron chi connectivity index (χ0n) is 10.0. The van der Waals surface area contributed by atoms with Crippen molar-refractivity contribution in [1.82, 2.24) is 10.2 Å². The molecule has 0 unspecified atom stereocenters. The van der Waals surface area contributed by atoms with Gasteiger partial charge in [0.15, 0.2) is 0 Å². The van der Waals surface area contributed by atoms with Crippen LogP contribution in [0.15, 0.2) is 30.3 Å². The molecule has 0 spiro atoms. The smallest absolute Gasteiger partial charge is 0.246 e. The van der Waals surface area contributed by atoms with Crippen molar-refractivity contribution in [3.63, 3.8) is 0 Å². The Morgan fingerprint density at radius 1 is 1.29 bits per heavy atom. The van der Waals surface area contributed by atoms with Crippen molar-refractivity contribution in [2.45, 2.75) is 25.4 Å². The van der Waals surface area contributed by atoms with Crippen molar-refractivity contribution >= 4 is 11.8 Å². The van der Waals surface area contributed by atoms with Gasteiger partial charge in [-0.05, 0) is 12.5 Å². The number of benzene rings is 1. The number of carbonyl (C=O) groups is 2. The Labute approximate surface area is 101 Å². The number of likely N-dealkylation sites (tertiary alicyclic amines) is 1. The largest absolute Gasteiger partial charge is 0.299 e. The van der Waals surface area contributed by atoms with Crippen LogP contribution in [0.2, 0.25) is 0 Å². The van der Waals surface area contributed by atoms with Gasteiger partial charge in [-0.2, -0.15) is 0 Å². The fraction of sp³-hybridized carbons (Fsp3) is 0.385. The third kappa shape index (κ3) is 2.36. The first-order chi connectivity index (χ1) is 8.09. The van der Waals surface area contributed by atoms with E-state index in [1.807, 2.05) is 37.3 Å². The van der Waals surface area contributed by atoms with Crippen LogP contribution in [0.5, 0.6) is 0 Å². The van der Waals surface area contributed by atoms with Crippen molar-refractivity contribution in [3.05, 3.63) is 35.9 Å². The highest BCUT2D eigenvalue weighted by molar-refractivity contribution is 6.05. The molecule has 2 rings (SSSR count). The predicted octanol–water partition coefficient (Wildman–Crippen LogP) is 1.09. The number of rotatable bonds is 3. The normalized spacial score (nSPS) is 22.0. The van der Waals surface area contributed by atoms with Gasteiger partial charge < -0.3 is 0 Å². The van der Waals surface area contributed by atoms with E-state index in [9.17, 15) is 9.59 Å². The molecule has 2 atom stereocenters. The molecule has 1 N–H and O–H groups in total. The summed E-state index contributed by atoms with van der Waals surface area (Å²) in [7, 11) is 1.53. The molecule has 0 aliphatic carbocycles. The van der Waals surface area contributed by atoms with E-state index in [4.69, 9.17) is 0 Å². The zero-order valence-corrected chi connectivity index (χ0v) is 10.0. The first-order valence-electron chi connectivity index (χ1n) is 5.71. The van der Waals surface area contributed by atoms with E-state index >= 15 is 0 Å². The minimum Gasteiger partial charge on any atom is -0.299 e. The Balaban J connectivity index is 2.03. The van der Waals surface area contributed by atoms with E-state index in [1.54, 1.807) is 0 Å². The second-order valence-electron chi connectivity index (χ2n) is 4.35. The first-order valence-corrected chi connectivity index (χ1v) is 5.71. The van der Waals surface area contributed by atoms with Crippen LogP contribution in [0.4, 0.5) is 0 Å². The lowest BCUT2D eigenvalue weighted by Gasteiger charge is -2.18. The van der Waals surface area contributed by atoms with Crippen LogP contribution < -0.4 is 5.32 Å². The molecule has 90 valence electrons. The molecule has 0 saturated carbocycles. The molecule has 1 aromatic rings. The van der Waals surface area contributed by atoms with Gasteiger partial charge in [-0.3, -0.25) is 19.8 Å². The minimum absolute atomic E-state index is 0.0597. The van der Waals surface area contributed by atoms with E-state index in [1.165, 1.54) is 11.9 Å². The third-order valence-corrected chi connectivity index (χ3v) is 3.13. The summed E-state index contributed by atoms with van der Waals surface area (Å²) in [5, 5.41) is 3.19. The van der Waals surface area contributed by atoms with Crippen molar-refractivity contribution < 1.29 is 9.59 Å². The van der Waals surface area contributed by atoms with E-state index in [-0.39, 0.29) is 30.3 Å². The molecular formula is C13H16N2O2. The van der Waals surface area contributed by atoms with Gasteiger partial charge in [0.1, 0.15) is 0 Å². The van der Waals surface area contributed by atoms with E-state index in [0.29, 0.717) is 0 Å². The monoisotopic (exact) mass is 232 g/mol. The van der Waals surface area contributed by atoms with Gasteiger partial charge in [0, 0.05) is 13.1 Å². The van der Waals surface area contributed by atoms with E-state index in [0.717, 1.165) is 5.56 Å². The van der Waals surface area contributed by atoms with Gasteiger partial charge in [-0.25, -0.2) is 0 Å². The number of hydrogen-bond acceptors (Lipinski definition) is 3. The standard InChI is InChI=1S/C13H16N2O2/c1-9(10-6-4-3-5-7-10)14-11-8-12(16)15(2)13(11)17/h3-7,9,11,14H,8H2,1-2H3/t9-,11-/m0/s1. The second kappa shape index (κ2) is 4.67. The average Bonchev–Trinajstić information content (AvgIpc) is 2.58. The molecular weight excluding hydrogens is 216 g/mol. The van der Waals surface area contributed by atoms with Crippen LogP contribution >= 0.6 is 0 Å². The summed E-state index contributed by atoms with van der Waals surface area (Å²) in [6.45, 7) is 1.99. The summed E-state index contributed by atoms with van der Waals surface area (Å²) in [4.78, 5) is 24.3. The third-order valence-electron chi connectivity index (χ3n) is 3.13. The molecule has 2 amide bonds. The maximum atomic E-state index is 11.7. The summed E-state index contributed by atoms with van der Waals surface area (Å²) < 4.78 is 0. The zero-order chi connectivity index (χ0) is 12.4. The van der Waals surface area contributed by atoms with Crippen LogP contribution in [0.25, 0.3) is 0 Å². The van der Waals surface area contributed by atoms with Crippen LogP contribution in [-0.4, -0.2) is 29.8 Å². The molecule has 4 nitrogen and oxygen atoms in total. The van der Waals surface area contributed by atoms with Crippen molar-refractivity contribution in [2.75, 3.05) is 7.05 Å². The second-order valence-corrected chi connectivity index (χ2v) is 4.35. The van der Waals surface area contributed by atoms with Gasteiger partial charge in [0.2, 0.25) is 11.8 Å². The number of amides is 2. The number of carbonyl (C=O) groups excluding carboxylic acids is 2. The molecule has 0 radical (unpaired) electrons. The fourth-order valence-electron chi connectivity index (χ4n) is 2.03. The van der Waals surface area contributed by atoms with Crippen LogP contribution in [0, 0.1) is 0 Å². The topological polar surface area (TPSA) is 49.4 Å². The lowest BCUT2D eigenvalue weighted by molar-refractivity contribution is -0.137. The van der Waals surface area contributed by atoms with Crippen LogP contribution in [0.3, 0.4) is 0 Å². The molecule has 1 heterocycles. The van der Waals surface area contributed by atoms with Gasteiger partial charge in [-0.1, -0.05) is 30.3 Å². The first kappa shape index (κ1) is 11.8. The Bertz CT molecular complexity index is 430. The molecule has 17 heavy (non-hydrogen) atoms. The van der Waals surface area contributed by atoms with Gasteiger partial charge in [-0.15, -0.1) is 0 Å². The Morgan fingerprint density at radius 3 is 2.47 bits per heavy atom. The highest BCUT2D eigenvalue weighted by atomic mass is 16.2. The van der Waals surface area contributed by atoms with Crippen LogP contribution in [0.1, 0.15) is 24.9 Å². The molecule has 1 fully saturated rings. The highest BCUT2D eigenvalue weighted by Gasteiger charge is 2.36. The van der Waals surface area contributed by atoms with Crippen molar-refractivity contribution in [2.24, 2.45) is 0 Å². The molecule has 0 bridgehead atoms. The molecule has 1 aromatic carbocycles. The molecule has 1 aliphatic rings. The van der Waals surface area contributed by atoms with Crippen molar-refractivity contribution in [3.8, 4) is 0 Å². The summed E-state index contributed by atoms with van der Waals surface area (Å²) in [5.74, 6) is -0.259. The highest BCUT2D eigenvalue weighted by Crippen LogP contribution is 2.17. The van der Waals surface area contributed by atoms with Gasteiger partial charge in [0.25, 0.3) is 0 Å². The maximum absolute atomic E-state index is 11.7. The Kier molecular flexibility index (Phi) is 3.24. The number of likely N-dealkylation sites (N-methyl/N-ethyl adjacent to an activating group) is 1. The lowest BCUT2D eigenvalue weighted by Crippen LogP contribution is -2.38. The summed E-state index contributed by atoms with van der Waals surface area (Å²) >= 11 is 0. The summed E-state index contributed by atoms with van der Waals surface area (Å²) in [5.41, 5.74) is 1.11. The molecule has 1 saturated heterocycles. The van der Waals surface area contributed by atoms with Crippen LogP contribution in [-0.2, 0) is 9.59 Å². The molecule has 4 heteroatoms. The SMILES string of the molecule is C[C@H](N[C@H]1CC(=O)N(C)C1=O)c1ccccc1. The van der Waals surface area contributed by atoms with E-state index in [2.05, 4.69) is 5.32 Å². The average molecular weight is 232 g/mol. The van der Waals surface area contributed by atoms with Crippen molar-refractivity contribution in [1.29, 1.82) is 0 Å². The summed E-state index contributed by atoms with van der Waals surface area (Å²) in [6.07, 6.45) is 0.256. The Hall–Kier alpha value is -1.68. The quantitative estimate of drug-likeness (QED) is 0.794. The fourth-order valence-corrected chi connectivity index (χ4v) is 2.03. The lowest BCUT2D eigenvalue weighted by atomic mass is 10.1. The number of nitrogens with zero attached hydrogens (tertiary/aromatic N) is 1. The molecule has 0 aromatic heterocycles. The number of imide groups is 1.